The van der Waals surface area contributed by atoms with Gasteiger partial charge in [0, 0.05) is 12.6 Å². The quantitative estimate of drug-likeness (QED) is 0.719. The molecule has 0 aliphatic rings. The molecule has 0 radical (unpaired) electrons. The highest BCUT2D eigenvalue weighted by molar-refractivity contribution is 5.39. The van der Waals surface area contributed by atoms with Crippen molar-refractivity contribution in [1.29, 1.82) is 0 Å². The molecule has 5 nitrogen and oxygen atoms in total. The van der Waals surface area contributed by atoms with Gasteiger partial charge < -0.3 is 20.7 Å². The van der Waals surface area contributed by atoms with Crippen LogP contribution >= 0.6 is 0 Å². The predicted molar refractivity (Wildman–Crippen MR) is 46.4 cm³/mol. The number of rotatable bonds is 3. The first kappa shape index (κ1) is 12.5. The van der Waals surface area contributed by atoms with E-state index in [1.807, 2.05) is 0 Å². The summed E-state index contributed by atoms with van der Waals surface area (Å²) in [5.41, 5.74) is 4.82. The third kappa shape index (κ3) is 2.97. The number of nitrogens with zero attached hydrogens (tertiary/aromatic N) is 1. The Morgan fingerprint density at radius 2 is 2.00 bits per heavy atom. The van der Waals surface area contributed by atoms with Gasteiger partial charge in [0.05, 0.1) is 12.3 Å². The number of hydrogen-bond acceptors (Lipinski definition) is 5. The van der Waals surface area contributed by atoms with E-state index in [0.29, 0.717) is 6.07 Å². The van der Waals surface area contributed by atoms with E-state index in [9.17, 15) is 18.3 Å². The Morgan fingerprint density at radius 3 is 2.44 bits per heavy atom. The van der Waals surface area contributed by atoms with E-state index in [0.717, 1.165) is 0 Å². The molecule has 1 rings (SSSR count). The minimum atomic E-state index is -4.89. The molecule has 0 amide bonds. The summed E-state index contributed by atoms with van der Waals surface area (Å²) in [6.45, 7) is -0.913. The van der Waals surface area contributed by atoms with Gasteiger partial charge in [-0.3, -0.25) is 0 Å². The minimum absolute atomic E-state index is 0.157. The number of aliphatic hydroxyl groups excluding tert-OH is 1. The van der Waals surface area contributed by atoms with Crippen molar-refractivity contribution in [3.05, 3.63) is 17.5 Å². The van der Waals surface area contributed by atoms with Crippen molar-refractivity contribution in [1.82, 2.24) is 4.98 Å². The number of pyridine rings is 1. The Morgan fingerprint density at radius 1 is 1.38 bits per heavy atom. The van der Waals surface area contributed by atoms with Crippen LogP contribution in [0.4, 0.5) is 13.2 Å². The van der Waals surface area contributed by atoms with Crippen LogP contribution in [0.25, 0.3) is 0 Å². The molecule has 1 aromatic heterocycles. The van der Waals surface area contributed by atoms with Crippen LogP contribution < -0.4 is 10.5 Å². The van der Waals surface area contributed by atoms with Crippen molar-refractivity contribution in [2.75, 3.05) is 0 Å². The van der Waals surface area contributed by atoms with Crippen LogP contribution in [0.5, 0.6) is 11.5 Å². The first-order chi connectivity index (χ1) is 7.37. The van der Waals surface area contributed by atoms with Gasteiger partial charge in [0.25, 0.3) is 0 Å². The maximum atomic E-state index is 11.9. The average Bonchev–Trinajstić information content (AvgIpc) is 2.16. The normalized spacial score (nSPS) is 11.6. The second-order valence-electron chi connectivity index (χ2n) is 2.81. The molecule has 0 fully saturated rings. The molecule has 0 saturated carbocycles. The lowest BCUT2D eigenvalue weighted by molar-refractivity contribution is -0.275. The zero-order valence-corrected chi connectivity index (χ0v) is 7.95. The second-order valence-corrected chi connectivity index (χ2v) is 2.81. The smallest absolute Gasteiger partial charge is 0.506 e. The fourth-order valence-electron chi connectivity index (χ4n) is 1.04. The van der Waals surface area contributed by atoms with Gasteiger partial charge in [-0.25, -0.2) is 4.98 Å². The van der Waals surface area contributed by atoms with Crippen LogP contribution in [0.1, 0.15) is 11.4 Å². The van der Waals surface area contributed by atoms with Gasteiger partial charge in [-0.2, -0.15) is 0 Å². The van der Waals surface area contributed by atoms with Crippen molar-refractivity contribution >= 4 is 0 Å². The zero-order chi connectivity index (χ0) is 12.3. The molecule has 0 aliphatic heterocycles. The number of aromatic nitrogens is 1. The van der Waals surface area contributed by atoms with E-state index in [-0.39, 0.29) is 17.9 Å². The fraction of sp³-hybridized carbons (Fsp3) is 0.375. The molecular formula is C8H9F3N2O3. The van der Waals surface area contributed by atoms with Crippen molar-refractivity contribution in [2.45, 2.75) is 19.5 Å². The Hall–Kier alpha value is -1.54. The summed E-state index contributed by atoms with van der Waals surface area (Å²) in [5.74, 6) is -1.26. The molecule has 0 saturated heterocycles. The number of ether oxygens (including phenoxy) is 1. The van der Waals surface area contributed by atoms with E-state index >= 15 is 0 Å². The highest BCUT2D eigenvalue weighted by Gasteiger charge is 2.32. The van der Waals surface area contributed by atoms with Gasteiger partial charge in [0.2, 0.25) is 0 Å². The van der Waals surface area contributed by atoms with Crippen LogP contribution in [-0.2, 0) is 13.2 Å². The summed E-state index contributed by atoms with van der Waals surface area (Å²) < 4.78 is 39.5. The lowest BCUT2D eigenvalue weighted by atomic mass is 10.2. The number of halogens is 3. The van der Waals surface area contributed by atoms with Gasteiger partial charge in [-0.15, -0.1) is 13.2 Å². The molecule has 16 heavy (non-hydrogen) atoms. The van der Waals surface area contributed by atoms with E-state index in [2.05, 4.69) is 9.72 Å². The molecule has 0 atom stereocenters. The van der Waals surface area contributed by atoms with Crippen molar-refractivity contribution in [3.63, 3.8) is 0 Å². The molecule has 0 aliphatic carbocycles. The van der Waals surface area contributed by atoms with Crippen molar-refractivity contribution in [3.8, 4) is 11.5 Å². The molecule has 90 valence electrons. The maximum absolute atomic E-state index is 11.9. The Balaban J connectivity index is 3.13. The summed E-state index contributed by atoms with van der Waals surface area (Å²) in [7, 11) is 0. The molecule has 1 heterocycles. The van der Waals surface area contributed by atoms with Crippen molar-refractivity contribution < 1.29 is 28.1 Å². The van der Waals surface area contributed by atoms with E-state index in [4.69, 9.17) is 10.8 Å². The molecular weight excluding hydrogens is 229 g/mol. The molecule has 0 bridgehead atoms. The number of aromatic hydroxyl groups is 1. The van der Waals surface area contributed by atoms with E-state index in [1.165, 1.54) is 0 Å². The molecule has 0 aromatic carbocycles. The van der Waals surface area contributed by atoms with Crippen LogP contribution in [0.15, 0.2) is 6.07 Å². The van der Waals surface area contributed by atoms with Gasteiger partial charge in [-0.05, 0) is 0 Å². The lowest BCUT2D eigenvalue weighted by Gasteiger charge is -2.13. The SMILES string of the molecule is NCc1nc(CO)c(O)cc1OC(F)(F)F. The topological polar surface area (TPSA) is 88.6 Å². The molecule has 0 unspecified atom stereocenters. The maximum Gasteiger partial charge on any atom is 0.573 e. The predicted octanol–water partition coefficient (Wildman–Crippen LogP) is 0.637. The standard InChI is InChI=1S/C8H9F3N2O3/c9-8(10,11)16-7-1-6(15)5(3-14)13-4(7)2-12/h1,14-15H,2-3,12H2. The molecule has 8 heteroatoms. The van der Waals surface area contributed by atoms with Gasteiger partial charge >= 0.3 is 6.36 Å². The average molecular weight is 238 g/mol. The monoisotopic (exact) mass is 238 g/mol. The summed E-state index contributed by atoms with van der Waals surface area (Å²) in [4.78, 5) is 3.54. The Kier molecular flexibility index (Phi) is 3.55. The van der Waals surface area contributed by atoms with E-state index in [1.54, 1.807) is 0 Å². The lowest BCUT2D eigenvalue weighted by Crippen LogP contribution is -2.19. The zero-order valence-electron chi connectivity index (χ0n) is 7.95. The minimum Gasteiger partial charge on any atom is -0.506 e. The summed E-state index contributed by atoms with van der Waals surface area (Å²) in [6.07, 6.45) is -4.89. The highest BCUT2D eigenvalue weighted by atomic mass is 19.4. The molecule has 1 aromatic rings. The van der Waals surface area contributed by atoms with E-state index < -0.39 is 24.5 Å². The third-order valence-corrected chi connectivity index (χ3v) is 1.69. The number of alkyl halides is 3. The second kappa shape index (κ2) is 4.54. The van der Waals surface area contributed by atoms with Gasteiger partial charge in [0.15, 0.2) is 5.75 Å². The van der Waals surface area contributed by atoms with Crippen molar-refractivity contribution in [2.24, 2.45) is 5.73 Å². The number of hydrogen-bond donors (Lipinski definition) is 3. The Bertz CT molecular complexity index is 382. The number of nitrogens with two attached hydrogens (primary N) is 1. The number of aliphatic hydroxyl groups is 1. The van der Waals surface area contributed by atoms with Crippen LogP contribution in [0, 0.1) is 0 Å². The molecule has 0 spiro atoms. The van der Waals surface area contributed by atoms with Crippen LogP contribution in [0.3, 0.4) is 0 Å². The summed E-state index contributed by atoms with van der Waals surface area (Å²) in [5, 5.41) is 17.9. The van der Waals surface area contributed by atoms with Gasteiger partial charge in [0.1, 0.15) is 11.4 Å². The molecule has 4 N–H and O–H groups in total. The van der Waals surface area contributed by atoms with Crippen LogP contribution in [-0.4, -0.2) is 21.6 Å². The Labute approximate surface area is 88.3 Å². The highest BCUT2D eigenvalue weighted by Crippen LogP contribution is 2.30. The third-order valence-electron chi connectivity index (χ3n) is 1.69. The summed E-state index contributed by atoms with van der Waals surface area (Å²) in [6, 6.07) is 0.717. The first-order valence-electron chi connectivity index (χ1n) is 4.15. The first-order valence-corrected chi connectivity index (χ1v) is 4.15. The summed E-state index contributed by atoms with van der Waals surface area (Å²) >= 11 is 0. The van der Waals surface area contributed by atoms with Crippen LogP contribution in [0.2, 0.25) is 0 Å². The fourth-order valence-corrected chi connectivity index (χ4v) is 1.04. The van der Waals surface area contributed by atoms with Gasteiger partial charge in [-0.1, -0.05) is 0 Å². The largest absolute Gasteiger partial charge is 0.573 e.